The van der Waals surface area contributed by atoms with Crippen LogP contribution in [0.2, 0.25) is 19.6 Å². The summed E-state index contributed by atoms with van der Waals surface area (Å²) in [5.74, 6) is 0.281. The molecule has 0 radical (unpaired) electrons. The van der Waals surface area contributed by atoms with E-state index in [-0.39, 0.29) is 5.78 Å². The molecule has 2 nitrogen and oxygen atoms in total. The number of carbonyl (C=O) groups is 1. The number of hydrogen-bond acceptors (Lipinski definition) is 2. The first-order chi connectivity index (χ1) is 5.42. The Kier molecular flexibility index (Phi) is 5.42. The molecular formula is C9H20O2Si. The van der Waals surface area contributed by atoms with Crippen molar-refractivity contribution in [2.45, 2.75) is 45.8 Å². The van der Waals surface area contributed by atoms with Gasteiger partial charge in [0.15, 0.2) is 8.32 Å². The van der Waals surface area contributed by atoms with Crippen molar-refractivity contribution in [3.63, 3.8) is 0 Å². The Morgan fingerprint density at radius 1 is 1.25 bits per heavy atom. The van der Waals surface area contributed by atoms with E-state index in [0.29, 0.717) is 6.42 Å². The van der Waals surface area contributed by atoms with Gasteiger partial charge in [-0.1, -0.05) is 0 Å². The number of unbranched alkanes of at least 4 members (excludes halogenated alkanes) is 1. The summed E-state index contributed by atoms with van der Waals surface area (Å²) in [7, 11) is -1.32. The SMILES string of the molecule is CC(=O)CCCCO[Si](C)(C)C. The van der Waals surface area contributed by atoms with Crippen molar-refractivity contribution in [1.29, 1.82) is 0 Å². The molecule has 0 aliphatic rings. The van der Waals surface area contributed by atoms with Crippen molar-refractivity contribution >= 4 is 14.1 Å². The van der Waals surface area contributed by atoms with Gasteiger partial charge in [-0.25, -0.2) is 0 Å². The predicted molar refractivity (Wildman–Crippen MR) is 53.8 cm³/mol. The molecule has 0 aromatic heterocycles. The standard InChI is InChI=1S/C9H20O2Si/c1-9(10)7-5-6-8-11-12(2,3)4/h5-8H2,1-4H3. The maximum absolute atomic E-state index is 10.6. The van der Waals surface area contributed by atoms with Crippen LogP contribution in [0.15, 0.2) is 0 Å². The largest absolute Gasteiger partial charge is 0.418 e. The Hall–Kier alpha value is -0.153. The summed E-state index contributed by atoms with van der Waals surface area (Å²) >= 11 is 0. The Bertz CT molecular complexity index is 138. The van der Waals surface area contributed by atoms with E-state index in [2.05, 4.69) is 19.6 Å². The third kappa shape index (κ3) is 9.85. The molecule has 0 unspecified atom stereocenters. The minimum Gasteiger partial charge on any atom is -0.418 e. The molecule has 0 aromatic rings. The second-order valence-corrected chi connectivity index (χ2v) is 8.63. The van der Waals surface area contributed by atoms with Gasteiger partial charge in [0.2, 0.25) is 0 Å². The van der Waals surface area contributed by atoms with Crippen molar-refractivity contribution in [2.75, 3.05) is 6.61 Å². The maximum atomic E-state index is 10.6. The minimum atomic E-state index is -1.32. The molecule has 0 saturated heterocycles. The van der Waals surface area contributed by atoms with Crippen LogP contribution in [-0.2, 0) is 9.22 Å². The second kappa shape index (κ2) is 5.49. The quantitative estimate of drug-likeness (QED) is 0.473. The van der Waals surface area contributed by atoms with Crippen LogP contribution in [0.25, 0.3) is 0 Å². The molecule has 0 rings (SSSR count). The van der Waals surface area contributed by atoms with Crippen molar-refractivity contribution in [1.82, 2.24) is 0 Å². The predicted octanol–water partition coefficient (Wildman–Crippen LogP) is 2.60. The highest BCUT2D eigenvalue weighted by atomic mass is 28.4. The van der Waals surface area contributed by atoms with Crippen molar-refractivity contribution in [3.05, 3.63) is 0 Å². The van der Waals surface area contributed by atoms with Crippen molar-refractivity contribution in [3.8, 4) is 0 Å². The number of rotatable bonds is 6. The number of carbonyl (C=O) groups excluding carboxylic acids is 1. The number of ketones is 1. The summed E-state index contributed by atoms with van der Waals surface area (Å²) in [5.41, 5.74) is 0. The molecule has 3 heteroatoms. The summed E-state index contributed by atoms with van der Waals surface area (Å²) < 4.78 is 5.64. The first kappa shape index (κ1) is 11.8. The van der Waals surface area contributed by atoms with Crippen LogP contribution in [0, 0.1) is 0 Å². The lowest BCUT2D eigenvalue weighted by Crippen LogP contribution is -2.25. The summed E-state index contributed by atoms with van der Waals surface area (Å²) in [6.45, 7) is 9.00. The molecule has 0 heterocycles. The normalized spacial score (nSPS) is 11.7. The van der Waals surface area contributed by atoms with Crippen LogP contribution in [0.1, 0.15) is 26.2 Å². The number of Topliss-reactive ketones (excluding diaryl/α,β-unsaturated/α-hetero) is 1. The van der Waals surface area contributed by atoms with Gasteiger partial charge in [-0.3, -0.25) is 0 Å². The zero-order chi connectivity index (χ0) is 9.61. The molecule has 0 amide bonds. The van der Waals surface area contributed by atoms with Gasteiger partial charge in [-0.05, 0) is 39.4 Å². The third-order valence-corrected chi connectivity index (χ3v) is 2.53. The highest BCUT2D eigenvalue weighted by Gasteiger charge is 2.12. The van der Waals surface area contributed by atoms with E-state index >= 15 is 0 Å². The van der Waals surface area contributed by atoms with E-state index in [1.165, 1.54) is 0 Å². The van der Waals surface area contributed by atoms with Crippen LogP contribution < -0.4 is 0 Å². The van der Waals surface area contributed by atoms with Gasteiger partial charge in [0.1, 0.15) is 5.78 Å². The summed E-state index contributed by atoms with van der Waals surface area (Å²) in [6.07, 6.45) is 2.69. The molecule has 0 atom stereocenters. The zero-order valence-corrected chi connectivity index (χ0v) is 9.64. The first-order valence-corrected chi connectivity index (χ1v) is 7.96. The van der Waals surface area contributed by atoms with Gasteiger partial charge in [0.05, 0.1) is 0 Å². The van der Waals surface area contributed by atoms with Gasteiger partial charge in [0.25, 0.3) is 0 Å². The molecule has 0 bridgehead atoms. The molecule has 0 spiro atoms. The smallest absolute Gasteiger partial charge is 0.183 e. The molecule has 72 valence electrons. The van der Waals surface area contributed by atoms with E-state index in [4.69, 9.17) is 4.43 Å². The summed E-state index contributed by atoms with van der Waals surface area (Å²) in [5, 5.41) is 0. The molecule has 0 fully saturated rings. The third-order valence-electron chi connectivity index (χ3n) is 1.46. The summed E-state index contributed by atoms with van der Waals surface area (Å²) in [4.78, 5) is 10.6. The van der Waals surface area contributed by atoms with Crippen LogP contribution in [0.3, 0.4) is 0 Å². The average Bonchev–Trinajstić information content (AvgIpc) is 1.83. The van der Waals surface area contributed by atoms with Gasteiger partial charge < -0.3 is 9.22 Å². The fourth-order valence-electron chi connectivity index (χ4n) is 0.854. The van der Waals surface area contributed by atoms with Crippen molar-refractivity contribution < 1.29 is 9.22 Å². The molecular weight excluding hydrogens is 168 g/mol. The highest BCUT2D eigenvalue weighted by Crippen LogP contribution is 2.05. The van der Waals surface area contributed by atoms with Crippen molar-refractivity contribution in [2.24, 2.45) is 0 Å². The first-order valence-electron chi connectivity index (χ1n) is 4.55. The van der Waals surface area contributed by atoms with Crippen LogP contribution >= 0.6 is 0 Å². The van der Waals surface area contributed by atoms with Gasteiger partial charge >= 0.3 is 0 Å². The van der Waals surface area contributed by atoms with E-state index in [9.17, 15) is 4.79 Å². The van der Waals surface area contributed by atoms with Crippen LogP contribution in [0.5, 0.6) is 0 Å². The number of hydrogen-bond donors (Lipinski definition) is 0. The van der Waals surface area contributed by atoms with E-state index in [1.807, 2.05) is 0 Å². The van der Waals surface area contributed by atoms with Crippen LogP contribution in [0.4, 0.5) is 0 Å². The topological polar surface area (TPSA) is 26.3 Å². The highest BCUT2D eigenvalue weighted by molar-refractivity contribution is 6.69. The van der Waals surface area contributed by atoms with E-state index in [0.717, 1.165) is 19.4 Å². The molecule has 12 heavy (non-hydrogen) atoms. The zero-order valence-electron chi connectivity index (χ0n) is 8.64. The lowest BCUT2D eigenvalue weighted by atomic mass is 10.2. The summed E-state index contributed by atoms with van der Waals surface area (Å²) in [6, 6.07) is 0. The monoisotopic (exact) mass is 188 g/mol. The van der Waals surface area contributed by atoms with Crippen LogP contribution in [-0.4, -0.2) is 20.7 Å². The lowest BCUT2D eigenvalue weighted by Gasteiger charge is -2.16. The van der Waals surface area contributed by atoms with Gasteiger partial charge in [-0.2, -0.15) is 0 Å². The molecule has 0 aromatic carbocycles. The Labute approximate surface area is 76.4 Å². The molecule has 0 saturated carbocycles. The van der Waals surface area contributed by atoms with Gasteiger partial charge in [0, 0.05) is 13.0 Å². The lowest BCUT2D eigenvalue weighted by molar-refractivity contribution is -0.117. The molecule has 0 aliphatic heterocycles. The molecule has 0 N–H and O–H groups in total. The van der Waals surface area contributed by atoms with E-state index in [1.54, 1.807) is 6.92 Å². The van der Waals surface area contributed by atoms with E-state index < -0.39 is 8.32 Å². The Morgan fingerprint density at radius 3 is 2.25 bits per heavy atom. The Balaban J connectivity index is 3.17. The second-order valence-electron chi connectivity index (χ2n) is 4.12. The molecule has 0 aliphatic carbocycles. The van der Waals surface area contributed by atoms with Gasteiger partial charge in [-0.15, -0.1) is 0 Å². The fraction of sp³-hybridized carbons (Fsp3) is 0.889. The minimum absolute atomic E-state index is 0.281. The fourth-order valence-corrected chi connectivity index (χ4v) is 1.61. The Morgan fingerprint density at radius 2 is 1.83 bits per heavy atom. The maximum Gasteiger partial charge on any atom is 0.183 e. The average molecular weight is 188 g/mol.